The van der Waals surface area contributed by atoms with E-state index in [0.717, 1.165) is 22.3 Å². The monoisotopic (exact) mass is 462 g/mol. The third-order valence-corrected chi connectivity index (χ3v) is 7.91. The molecule has 1 aliphatic rings. The molecule has 164 valence electrons. The number of aromatic nitrogens is 1. The number of nitrogens with zero attached hydrogens (tertiary/aromatic N) is 2. The maximum atomic E-state index is 13.1. The van der Waals surface area contributed by atoms with Gasteiger partial charge in [-0.3, -0.25) is 9.69 Å². The van der Waals surface area contributed by atoms with E-state index in [9.17, 15) is 17.6 Å². The number of piperidine rings is 1. The van der Waals surface area contributed by atoms with Gasteiger partial charge < -0.3 is 5.32 Å². The first-order valence-electron chi connectivity index (χ1n) is 10.0. The summed E-state index contributed by atoms with van der Waals surface area (Å²) in [7, 11) is -3.71. The second-order valence-corrected chi connectivity index (χ2v) is 10.3. The minimum atomic E-state index is -3.71. The minimum absolute atomic E-state index is 0.0416. The second-order valence-electron chi connectivity index (χ2n) is 7.54. The Morgan fingerprint density at radius 1 is 1.16 bits per heavy atom. The Kier molecular flexibility index (Phi) is 6.33. The summed E-state index contributed by atoms with van der Waals surface area (Å²) in [6, 6.07) is 11.9. The van der Waals surface area contributed by atoms with E-state index in [1.54, 1.807) is 0 Å². The number of rotatable bonds is 6. The van der Waals surface area contributed by atoms with E-state index in [0.29, 0.717) is 31.1 Å². The van der Waals surface area contributed by atoms with Gasteiger partial charge in [-0.1, -0.05) is 23.5 Å². The van der Waals surface area contributed by atoms with E-state index in [2.05, 4.69) is 15.0 Å². The van der Waals surface area contributed by atoms with Gasteiger partial charge in [-0.2, -0.15) is 0 Å². The number of halogens is 1. The van der Waals surface area contributed by atoms with Gasteiger partial charge in [0, 0.05) is 19.1 Å². The largest absolute Gasteiger partial charge is 0.301 e. The number of sulfonamides is 1. The van der Waals surface area contributed by atoms with Crippen LogP contribution in [0.15, 0.2) is 53.4 Å². The van der Waals surface area contributed by atoms with Crippen molar-refractivity contribution >= 4 is 42.6 Å². The van der Waals surface area contributed by atoms with E-state index < -0.39 is 15.8 Å². The Hall–Kier alpha value is -2.40. The van der Waals surface area contributed by atoms with Crippen molar-refractivity contribution in [3.8, 4) is 0 Å². The summed E-state index contributed by atoms with van der Waals surface area (Å²) in [6.07, 6.45) is 1.17. The van der Waals surface area contributed by atoms with Crippen LogP contribution in [0.3, 0.4) is 0 Å². The summed E-state index contributed by atoms with van der Waals surface area (Å²) in [5, 5.41) is 3.46. The molecule has 3 aromatic rings. The zero-order valence-electron chi connectivity index (χ0n) is 16.9. The molecule has 1 amide bonds. The summed E-state index contributed by atoms with van der Waals surface area (Å²) >= 11 is 1.43. The lowest BCUT2D eigenvalue weighted by molar-refractivity contribution is -0.121. The van der Waals surface area contributed by atoms with Crippen LogP contribution in [0.2, 0.25) is 0 Å². The quantitative estimate of drug-likeness (QED) is 0.587. The maximum absolute atomic E-state index is 13.1. The van der Waals surface area contributed by atoms with Crippen molar-refractivity contribution in [3.63, 3.8) is 0 Å². The number of carbonyl (C=O) groups is 1. The van der Waals surface area contributed by atoms with Crippen LogP contribution in [0, 0.1) is 5.82 Å². The zero-order valence-corrected chi connectivity index (χ0v) is 18.5. The van der Waals surface area contributed by atoms with E-state index in [-0.39, 0.29) is 22.9 Å². The molecule has 7 nitrogen and oxygen atoms in total. The number of thiazole rings is 1. The standard InChI is InChI=1S/C21H23FN4O3S2/c1-14(20(27)24-21-23-18-4-2-3-5-19(18)30-21)26-12-10-16(11-13-26)25-31(28,29)17-8-6-15(22)7-9-17/h2-9,14,16,25H,10-13H2,1H3,(H,23,24,27). The molecule has 1 unspecified atom stereocenters. The van der Waals surface area contributed by atoms with E-state index in [1.165, 1.54) is 23.5 Å². The second kappa shape index (κ2) is 8.99. The summed E-state index contributed by atoms with van der Waals surface area (Å²) in [6.45, 7) is 3.02. The van der Waals surface area contributed by atoms with E-state index in [1.807, 2.05) is 36.1 Å². The average Bonchev–Trinajstić information content (AvgIpc) is 3.16. The van der Waals surface area contributed by atoms with Crippen LogP contribution in [0.5, 0.6) is 0 Å². The number of amides is 1. The average molecular weight is 463 g/mol. The predicted molar refractivity (Wildman–Crippen MR) is 119 cm³/mol. The predicted octanol–water partition coefficient (Wildman–Crippen LogP) is 3.21. The highest BCUT2D eigenvalue weighted by atomic mass is 32.2. The normalized spacial score (nSPS) is 17.0. The van der Waals surface area contributed by atoms with Crippen molar-refractivity contribution in [2.24, 2.45) is 0 Å². The molecule has 0 aliphatic carbocycles. The molecule has 0 bridgehead atoms. The summed E-state index contributed by atoms with van der Waals surface area (Å²) in [4.78, 5) is 19.2. The van der Waals surface area contributed by atoms with Crippen LogP contribution in [0.25, 0.3) is 10.2 Å². The number of hydrogen-bond acceptors (Lipinski definition) is 6. The van der Waals surface area contributed by atoms with Gasteiger partial charge in [0.15, 0.2) is 5.13 Å². The third kappa shape index (κ3) is 5.09. The molecule has 1 aliphatic heterocycles. The molecule has 31 heavy (non-hydrogen) atoms. The molecule has 10 heteroatoms. The molecule has 1 aromatic heterocycles. The fourth-order valence-corrected chi connectivity index (χ4v) is 5.78. The van der Waals surface area contributed by atoms with Crippen molar-refractivity contribution in [3.05, 3.63) is 54.3 Å². The molecule has 1 saturated heterocycles. The fraction of sp³-hybridized carbons (Fsp3) is 0.333. The molecule has 2 heterocycles. The molecular weight excluding hydrogens is 439 g/mol. The van der Waals surface area contributed by atoms with Crippen molar-refractivity contribution in [2.45, 2.75) is 36.7 Å². The molecule has 2 aromatic carbocycles. The van der Waals surface area contributed by atoms with E-state index >= 15 is 0 Å². The minimum Gasteiger partial charge on any atom is -0.301 e. The molecule has 0 saturated carbocycles. The molecule has 2 N–H and O–H groups in total. The number of likely N-dealkylation sites (tertiary alicyclic amines) is 1. The molecule has 1 atom stereocenters. The van der Waals surface area contributed by atoms with Gasteiger partial charge in [-0.25, -0.2) is 22.5 Å². The van der Waals surface area contributed by atoms with E-state index in [4.69, 9.17) is 0 Å². The van der Waals surface area contributed by atoms with Gasteiger partial charge in [0.05, 0.1) is 21.2 Å². The maximum Gasteiger partial charge on any atom is 0.243 e. The van der Waals surface area contributed by atoms with Gasteiger partial charge in [-0.05, 0) is 56.2 Å². The number of fused-ring (bicyclic) bond motifs is 1. The Bertz CT molecular complexity index is 1140. The van der Waals surface area contributed by atoms with Crippen LogP contribution in [0.1, 0.15) is 19.8 Å². The Labute approximate surface area is 184 Å². The topological polar surface area (TPSA) is 91.4 Å². The molecule has 1 fully saturated rings. The Balaban J connectivity index is 1.31. The fourth-order valence-electron chi connectivity index (χ4n) is 3.61. The van der Waals surface area contributed by atoms with Gasteiger partial charge in [0.25, 0.3) is 0 Å². The van der Waals surface area contributed by atoms with Crippen LogP contribution in [-0.2, 0) is 14.8 Å². The molecule has 4 rings (SSSR count). The highest BCUT2D eigenvalue weighted by Crippen LogP contribution is 2.26. The lowest BCUT2D eigenvalue weighted by Crippen LogP contribution is -2.50. The third-order valence-electron chi connectivity index (χ3n) is 5.43. The summed E-state index contributed by atoms with van der Waals surface area (Å²) in [5.41, 5.74) is 0.852. The number of carbonyl (C=O) groups excluding carboxylic acids is 1. The molecular formula is C21H23FN4O3S2. The lowest BCUT2D eigenvalue weighted by atomic mass is 10.0. The SMILES string of the molecule is CC(C(=O)Nc1nc2ccccc2s1)N1CCC(NS(=O)(=O)c2ccc(F)cc2)CC1. The van der Waals surface area contributed by atoms with Crippen LogP contribution >= 0.6 is 11.3 Å². The number of hydrogen-bond donors (Lipinski definition) is 2. The Morgan fingerprint density at radius 3 is 2.52 bits per heavy atom. The summed E-state index contributed by atoms with van der Waals surface area (Å²) in [5.74, 6) is -0.616. The Morgan fingerprint density at radius 2 is 1.84 bits per heavy atom. The number of para-hydroxylation sites is 1. The number of nitrogens with one attached hydrogen (secondary N) is 2. The van der Waals surface area contributed by atoms with Gasteiger partial charge in [0.1, 0.15) is 5.82 Å². The first-order valence-corrected chi connectivity index (χ1v) is 12.3. The number of benzene rings is 2. The number of anilines is 1. The van der Waals surface area contributed by atoms with Crippen LogP contribution in [-0.4, -0.2) is 49.4 Å². The molecule has 0 radical (unpaired) electrons. The van der Waals surface area contributed by atoms with Crippen molar-refractivity contribution in [2.75, 3.05) is 18.4 Å². The summed E-state index contributed by atoms with van der Waals surface area (Å²) < 4.78 is 41.7. The van der Waals surface area contributed by atoms with Crippen molar-refractivity contribution in [1.29, 1.82) is 0 Å². The highest BCUT2D eigenvalue weighted by Gasteiger charge is 2.29. The van der Waals surface area contributed by atoms with Crippen molar-refractivity contribution in [1.82, 2.24) is 14.6 Å². The smallest absolute Gasteiger partial charge is 0.243 e. The van der Waals surface area contributed by atoms with Gasteiger partial charge >= 0.3 is 0 Å². The zero-order chi connectivity index (χ0) is 22.0. The van der Waals surface area contributed by atoms with Crippen LogP contribution < -0.4 is 10.0 Å². The van der Waals surface area contributed by atoms with Gasteiger partial charge in [-0.15, -0.1) is 0 Å². The van der Waals surface area contributed by atoms with Crippen molar-refractivity contribution < 1.29 is 17.6 Å². The first kappa shape index (κ1) is 21.8. The first-order chi connectivity index (χ1) is 14.8. The van der Waals surface area contributed by atoms with Crippen LogP contribution in [0.4, 0.5) is 9.52 Å². The molecule has 0 spiro atoms. The highest BCUT2D eigenvalue weighted by molar-refractivity contribution is 7.89. The van der Waals surface area contributed by atoms with Gasteiger partial charge in [0.2, 0.25) is 15.9 Å². The lowest BCUT2D eigenvalue weighted by Gasteiger charge is -2.35.